The van der Waals surface area contributed by atoms with Gasteiger partial charge in [0.25, 0.3) is 11.8 Å². The fourth-order valence-electron chi connectivity index (χ4n) is 3.56. The molecule has 2 aliphatic rings. The minimum absolute atomic E-state index is 0.0921. The molecule has 1 saturated carbocycles. The number of amides is 2. The van der Waals surface area contributed by atoms with Gasteiger partial charge in [0.05, 0.1) is 18.9 Å². The maximum Gasteiger partial charge on any atom is 0.269 e. The van der Waals surface area contributed by atoms with E-state index in [1.807, 2.05) is 18.2 Å². The molecule has 7 nitrogen and oxygen atoms in total. The average Bonchev–Trinajstić information content (AvgIpc) is 3.13. The van der Waals surface area contributed by atoms with Crippen LogP contribution in [-0.4, -0.2) is 48.2 Å². The standard InChI is InChI=1S/C20H21N3O4/c1-21-20(26)16-8-12(19(25)23-17-13-9-27-10-14(13)17)7-15(22-16)18(24)11-5-3-2-4-6-11/h2-8,13-14,17-18,24H,9-10H2,1H3,(H,21,26)(H,23,25)/t13-,14+,17+,18-/m1/s1. The zero-order valence-corrected chi connectivity index (χ0v) is 14.9. The Bertz CT molecular complexity index is 861. The Kier molecular flexibility index (Phi) is 4.63. The van der Waals surface area contributed by atoms with Gasteiger partial charge in [0.2, 0.25) is 0 Å². The van der Waals surface area contributed by atoms with Crippen molar-refractivity contribution in [3.63, 3.8) is 0 Å². The Morgan fingerprint density at radius 1 is 1.15 bits per heavy atom. The van der Waals surface area contributed by atoms with Crippen LogP contribution in [0.2, 0.25) is 0 Å². The second kappa shape index (κ2) is 7.09. The van der Waals surface area contributed by atoms with Gasteiger partial charge >= 0.3 is 0 Å². The van der Waals surface area contributed by atoms with Gasteiger partial charge in [-0.1, -0.05) is 30.3 Å². The average molecular weight is 367 g/mol. The van der Waals surface area contributed by atoms with E-state index in [-0.39, 0.29) is 23.3 Å². The van der Waals surface area contributed by atoms with Gasteiger partial charge in [0.15, 0.2) is 0 Å². The number of rotatable bonds is 5. The highest BCUT2D eigenvalue weighted by molar-refractivity contribution is 5.99. The number of carbonyl (C=O) groups excluding carboxylic acids is 2. The molecule has 0 radical (unpaired) electrons. The van der Waals surface area contributed by atoms with Crippen molar-refractivity contribution < 1.29 is 19.4 Å². The summed E-state index contributed by atoms with van der Waals surface area (Å²) in [7, 11) is 1.50. The molecular weight excluding hydrogens is 346 g/mol. The smallest absolute Gasteiger partial charge is 0.269 e. The Balaban J connectivity index is 1.62. The van der Waals surface area contributed by atoms with Gasteiger partial charge in [0, 0.05) is 30.5 Å². The summed E-state index contributed by atoms with van der Waals surface area (Å²) >= 11 is 0. The molecule has 1 aliphatic carbocycles. The number of benzene rings is 1. The molecule has 2 amide bonds. The minimum Gasteiger partial charge on any atom is -0.382 e. The number of pyridine rings is 1. The van der Waals surface area contributed by atoms with Crippen LogP contribution in [0, 0.1) is 11.8 Å². The van der Waals surface area contributed by atoms with Crippen molar-refractivity contribution in [2.45, 2.75) is 12.1 Å². The van der Waals surface area contributed by atoms with E-state index in [2.05, 4.69) is 15.6 Å². The van der Waals surface area contributed by atoms with Crippen LogP contribution in [0.3, 0.4) is 0 Å². The second-order valence-corrected chi connectivity index (χ2v) is 6.92. The lowest BCUT2D eigenvalue weighted by atomic mass is 10.0. The third-order valence-corrected chi connectivity index (χ3v) is 5.21. The molecule has 7 heteroatoms. The molecule has 2 heterocycles. The van der Waals surface area contributed by atoms with Gasteiger partial charge in [-0.3, -0.25) is 9.59 Å². The number of nitrogens with zero attached hydrogens (tertiary/aromatic N) is 1. The molecule has 4 rings (SSSR count). The monoisotopic (exact) mass is 367 g/mol. The SMILES string of the molecule is CNC(=O)c1cc(C(=O)N[C@H]2[C@@H]3COC[C@@H]32)cc([C@H](O)c2ccccc2)n1. The van der Waals surface area contributed by atoms with Crippen molar-refractivity contribution in [3.8, 4) is 0 Å². The van der Waals surface area contributed by atoms with E-state index in [0.717, 1.165) is 0 Å². The van der Waals surface area contributed by atoms with Gasteiger partial charge in [0.1, 0.15) is 11.8 Å². The number of fused-ring (bicyclic) bond motifs is 1. The largest absolute Gasteiger partial charge is 0.382 e. The summed E-state index contributed by atoms with van der Waals surface area (Å²) in [4.78, 5) is 29.1. The van der Waals surface area contributed by atoms with Crippen molar-refractivity contribution in [1.82, 2.24) is 15.6 Å². The molecule has 1 aromatic heterocycles. The summed E-state index contributed by atoms with van der Waals surface area (Å²) in [6.45, 7) is 1.35. The highest BCUT2D eigenvalue weighted by atomic mass is 16.5. The number of aliphatic hydroxyl groups is 1. The van der Waals surface area contributed by atoms with E-state index in [4.69, 9.17) is 4.74 Å². The molecule has 0 bridgehead atoms. The van der Waals surface area contributed by atoms with Crippen LogP contribution in [0.5, 0.6) is 0 Å². The highest BCUT2D eigenvalue weighted by Gasteiger charge is 2.54. The summed E-state index contributed by atoms with van der Waals surface area (Å²) in [5.41, 5.74) is 1.29. The first-order valence-corrected chi connectivity index (χ1v) is 8.94. The van der Waals surface area contributed by atoms with Crippen LogP contribution in [0.15, 0.2) is 42.5 Å². The van der Waals surface area contributed by atoms with Crippen molar-refractivity contribution in [2.24, 2.45) is 11.8 Å². The lowest BCUT2D eigenvalue weighted by Gasteiger charge is -2.14. The number of aliphatic hydroxyl groups excluding tert-OH is 1. The topological polar surface area (TPSA) is 101 Å². The lowest BCUT2D eigenvalue weighted by molar-refractivity contribution is 0.0928. The number of hydrogen-bond acceptors (Lipinski definition) is 5. The molecular formula is C20H21N3O4. The summed E-state index contributed by atoms with van der Waals surface area (Å²) in [5.74, 6) is 0.0680. The quantitative estimate of drug-likeness (QED) is 0.729. The molecule has 0 spiro atoms. The van der Waals surface area contributed by atoms with Crippen LogP contribution in [-0.2, 0) is 4.74 Å². The van der Waals surface area contributed by atoms with Crippen molar-refractivity contribution >= 4 is 11.8 Å². The Hall–Kier alpha value is -2.77. The maximum absolute atomic E-state index is 12.7. The summed E-state index contributed by atoms with van der Waals surface area (Å²) in [6, 6.07) is 12.1. The fourth-order valence-corrected chi connectivity index (χ4v) is 3.56. The summed E-state index contributed by atoms with van der Waals surface area (Å²) < 4.78 is 5.34. The van der Waals surface area contributed by atoms with E-state index < -0.39 is 12.0 Å². The Labute approximate surface area is 156 Å². The third-order valence-electron chi connectivity index (χ3n) is 5.21. The zero-order valence-electron chi connectivity index (χ0n) is 14.9. The predicted octanol–water partition coefficient (Wildman–Crippen LogP) is 0.897. The number of aromatic nitrogens is 1. The normalized spacial score (nSPS) is 24.0. The molecule has 4 atom stereocenters. The van der Waals surface area contributed by atoms with E-state index in [1.165, 1.54) is 19.2 Å². The number of carbonyl (C=O) groups is 2. The van der Waals surface area contributed by atoms with Gasteiger partial charge < -0.3 is 20.5 Å². The van der Waals surface area contributed by atoms with Crippen LogP contribution < -0.4 is 10.6 Å². The molecule has 3 N–H and O–H groups in total. The molecule has 1 aliphatic heterocycles. The summed E-state index contributed by atoms with van der Waals surface area (Å²) in [6.07, 6.45) is -1.03. The summed E-state index contributed by atoms with van der Waals surface area (Å²) in [5, 5.41) is 16.2. The van der Waals surface area contributed by atoms with Gasteiger partial charge in [-0.2, -0.15) is 0 Å². The molecule has 27 heavy (non-hydrogen) atoms. The zero-order chi connectivity index (χ0) is 19.0. The van der Waals surface area contributed by atoms with Crippen LogP contribution in [0.25, 0.3) is 0 Å². The fraction of sp³-hybridized carbons (Fsp3) is 0.350. The minimum atomic E-state index is -1.03. The van der Waals surface area contributed by atoms with E-state index in [9.17, 15) is 14.7 Å². The molecule has 1 saturated heterocycles. The van der Waals surface area contributed by atoms with Crippen molar-refractivity contribution in [3.05, 3.63) is 65.0 Å². The van der Waals surface area contributed by atoms with E-state index >= 15 is 0 Å². The van der Waals surface area contributed by atoms with Crippen molar-refractivity contribution in [1.29, 1.82) is 0 Å². The molecule has 2 aromatic rings. The van der Waals surface area contributed by atoms with Gasteiger partial charge in [-0.25, -0.2) is 4.98 Å². The van der Waals surface area contributed by atoms with Gasteiger partial charge in [-0.15, -0.1) is 0 Å². The highest BCUT2D eigenvalue weighted by Crippen LogP contribution is 2.44. The second-order valence-electron chi connectivity index (χ2n) is 6.92. The number of hydrogen-bond donors (Lipinski definition) is 3. The molecule has 2 fully saturated rings. The third kappa shape index (κ3) is 3.43. The first-order valence-electron chi connectivity index (χ1n) is 8.94. The van der Waals surface area contributed by atoms with Gasteiger partial charge in [-0.05, 0) is 17.7 Å². The number of nitrogens with one attached hydrogen (secondary N) is 2. The van der Waals surface area contributed by atoms with Crippen LogP contribution in [0.4, 0.5) is 0 Å². The number of ether oxygens (including phenoxy) is 1. The predicted molar refractivity (Wildman–Crippen MR) is 97.2 cm³/mol. The van der Waals surface area contributed by atoms with E-state index in [0.29, 0.717) is 36.2 Å². The molecule has 0 unspecified atom stereocenters. The lowest BCUT2D eigenvalue weighted by Crippen LogP contribution is -2.31. The Morgan fingerprint density at radius 2 is 1.85 bits per heavy atom. The molecule has 1 aromatic carbocycles. The first kappa shape index (κ1) is 17.6. The molecule has 140 valence electrons. The Morgan fingerprint density at radius 3 is 2.52 bits per heavy atom. The van der Waals surface area contributed by atoms with Crippen molar-refractivity contribution in [2.75, 3.05) is 20.3 Å². The first-order chi connectivity index (χ1) is 13.1. The maximum atomic E-state index is 12.7. The van der Waals surface area contributed by atoms with Crippen LogP contribution in [0.1, 0.15) is 38.2 Å². The van der Waals surface area contributed by atoms with E-state index in [1.54, 1.807) is 12.1 Å². The van der Waals surface area contributed by atoms with Crippen LogP contribution >= 0.6 is 0 Å².